The molecular weight excluding hydrogens is 855 g/mol. The molecule has 1 aromatic rings. The lowest BCUT2D eigenvalue weighted by Gasteiger charge is -2.09. The highest BCUT2D eigenvalue weighted by molar-refractivity contribution is 5.69. The van der Waals surface area contributed by atoms with E-state index in [1.807, 2.05) is 30.3 Å². The van der Waals surface area contributed by atoms with Crippen LogP contribution in [0.4, 0.5) is 4.79 Å². The number of ether oxygens (including phenoxy) is 13. The van der Waals surface area contributed by atoms with Crippen LogP contribution in [0.1, 0.15) is 115 Å². The van der Waals surface area contributed by atoms with Gasteiger partial charge in [0, 0.05) is 13.0 Å². The highest BCUT2D eigenvalue weighted by atomic mass is 16.6. The van der Waals surface area contributed by atoms with Gasteiger partial charge in [-0.1, -0.05) is 127 Å². The van der Waals surface area contributed by atoms with Crippen molar-refractivity contribution in [2.45, 2.75) is 116 Å². The molecule has 0 radical (unpaired) electrons. The predicted molar refractivity (Wildman–Crippen MR) is 254 cm³/mol. The van der Waals surface area contributed by atoms with Crippen LogP contribution in [0.3, 0.4) is 0 Å². The molecule has 16 heteroatoms. The fraction of sp³-hybridized carbons (Fsp3) is 0.840. The summed E-state index contributed by atoms with van der Waals surface area (Å²) in [6.07, 6.45) is 19.7. The van der Waals surface area contributed by atoms with Gasteiger partial charge in [-0.2, -0.15) is 0 Å². The van der Waals surface area contributed by atoms with E-state index in [0.717, 1.165) is 18.4 Å². The van der Waals surface area contributed by atoms with Crippen LogP contribution < -0.4 is 5.32 Å². The lowest BCUT2D eigenvalue weighted by atomic mass is 10.0. The van der Waals surface area contributed by atoms with Crippen molar-refractivity contribution in [1.29, 1.82) is 0 Å². The van der Waals surface area contributed by atoms with Gasteiger partial charge in [0.1, 0.15) is 13.2 Å². The van der Waals surface area contributed by atoms with Crippen LogP contribution in [-0.4, -0.2) is 171 Å². The Morgan fingerprint density at radius 1 is 0.364 bits per heavy atom. The minimum atomic E-state index is -0.472. The van der Waals surface area contributed by atoms with Crippen LogP contribution in [-0.2, 0) is 73.0 Å². The number of rotatable bonds is 54. The molecule has 0 unspecified atom stereocenters. The molecule has 0 bridgehead atoms. The quantitative estimate of drug-likeness (QED) is 0.0494. The Morgan fingerprint density at radius 3 is 1.02 bits per heavy atom. The van der Waals surface area contributed by atoms with Crippen LogP contribution >= 0.6 is 0 Å². The maximum atomic E-state index is 11.9. The van der Waals surface area contributed by atoms with E-state index in [0.29, 0.717) is 158 Å². The lowest BCUT2D eigenvalue weighted by molar-refractivity contribution is -0.145. The number of carbonyl (C=O) groups is 2. The largest absolute Gasteiger partial charge is 0.463 e. The highest BCUT2D eigenvalue weighted by Gasteiger charge is 2.04. The third-order valence-electron chi connectivity index (χ3n) is 9.92. The second-order valence-electron chi connectivity index (χ2n) is 15.6. The number of amides is 1. The molecule has 16 nitrogen and oxygen atoms in total. The number of hydrogen-bond donors (Lipinski definition) is 1. The van der Waals surface area contributed by atoms with E-state index in [4.69, 9.17) is 61.6 Å². The molecule has 0 saturated heterocycles. The fourth-order valence-corrected chi connectivity index (χ4v) is 6.23. The average Bonchev–Trinajstić information content (AvgIpc) is 3.33. The Balaban J connectivity index is 1.63. The first-order valence-corrected chi connectivity index (χ1v) is 25.2. The summed E-state index contributed by atoms with van der Waals surface area (Å²) < 4.78 is 70.9. The number of esters is 1. The van der Waals surface area contributed by atoms with Gasteiger partial charge in [-0.3, -0.25) is 4.79 Å². The van der Waals surface area contributed by atoms with E-state index in [1.165, 1.54) is 83.5 Å². The molecule has 0 aliphatic rings. The second kappa shape index (κ2) is 53.5. The zero-order valence-corrected chi connectivity index (χ0v) is 41.0. The Morgan fingerprint density at radius 2 is 0.667 bits per heavy atom. The van der Waals surface area contributed by atoms with Crippen LogP contribution in [0.15, 0.2) is 30.3 Å². The number of alkyl carbamates (subject to hydrolysis) is 1. The summed E-state index contributed by atoms with van der Waals surface area (Å²) in [4.78, 5) is 23.6. The topological polar surface area (TPSA) is 166 Å². The average molecular weight is 946 g/mol. The van der Waals surface area contributed by atoms with Crippen molar-refractivity contribution in [2.75, 3.05) is 159 Å². The minimum absolute atomic E-state index is 0.135. The van der Waals surface area contributed by atoms with Gasteiger partial charge in [-0.25, -0.2) is 4.79 Å². The summed E-state index contributed by atoms with van der Waals surface area (Å²) in [5.74, 6) is -0.135. The monoisotopic (exact) mass is 946 g/mol. The zero-order valence-electron chi connectivity index (χ0n) is 41.0. The van der Waals surface area contributed by atoms with Crippen molar-refractivity contribution in [3.8, 4) is 0 Å². The molecule has 0 spiro atoms. The number of unbranched alkanes of at least 4 members (excludes halogenated alkanes) is 14. The SMILES string of the molecule is CCCCCCCCCCCCCCCCCC(=O)OCCOCCOCCOCCOCCOCCOCCOCCOCCOCCOCCOCCNC(=O)OCc1ccccc1. The summed E-state index contributed by atoms with van der Waals surface area (Å²) in [6, 6.07) is 9.51. The van der Waals surface area contributed by atoms with Crippen molar-refractivity contribution in [2.24, 2.45) is 0 Å². The minimum Gasteiger partial charge on any atom is -0.463 e. The van der Waals surface area contributed by atoms with E-state index < -0.39 is 6.09 Å². The van der Waals surface area contributed by atoms with E-state index in [2.05, 4.69) is 12.2 Å². The first-order valence-electron chi connectivity index (χ1n) is 25.2. The van der Waals surface area contributed by atoms with Crippen LogP contribution in [0.2, 0.25) is 0 Å². The molecule has 1 aromatic carbocycles. The summed E-state index contributed by atoms with van der Waals surface area (Å²) in [7, 11) is 0. The first kappa shape index (κ1) is 61.5. The maximum absolute atomic E-state index is 11.9. The van der Waals surface area contributed by atoms with Crippen LogP contribution in [0, 0.1) is 0 Å². The van der Waals surface area contributed by atoms with Gasteiger partial charge in [0.05, 0.1) is 145 Å². The summed E-state index contributed by atoms with van der Waals surface area (Å²) in [5, 5.41) is 2.65. The number of carbonyl (C=O) groups excluding carboxylic acids is 2. The molecule has 0 aliphatic heterocycles. The van der Waals surface area contributed by atoms with Gasteiger partial charge < -0.3 is 66.9 Å². The molecule has 386 valence electrons. The molecule has 0 saturated carbocycles. The first-order chi connectivity index (χ1) is 32.7. The van der Waals surface area contributed by atoms with Crippen LogP contribution in [0.25, 0.3) is 0 Å². The zero-order chi connectivity index (χ0) is 47.2. The van der Waals surface area contributed by atoms with Crippen molar-refractivity contribution in [3.63, 3.8) is 0 Å². The van der Waals surface area contributed by atoms with Gasteiger partial charge in [-0.15, -0.1) is 0 Å². The van der Waals surface area contributed by atoms with Crippen molar-refractivity contribution < 1.29 is 71.2 Å². The number of benzene rings is 1. The molecule has 0 fully saturated rings. The van der Waals surface area contributed by atoms with E-state index in [-0.39, 0.29) is 19.2 Å². The molecule has 66 heavy (non-hydrogen) atoms. The van der Waals surface area contributed by atoms with Crippen molar-refractivity contribution in [1.82, 2.24) is 5.32 Å². The van der Waals surface area contributed by atoms with E-state index >= 15 is 0 Å². The second-order valence-corrected chi connectivity index (χ2v) is 15.6. The van der Waals surface area contributed by atoms with Gasteiger partial charge >= 0.3 is 12.1 Å². The smallest absolute Gasteiger partial charge is 0.407 e. The van der Waals surface area contributed by atoms with Crippen LogP contribution in [0.5, 0.6) is 0 Å². The Hall–Kier alpha value is -2.48. The van der Waals surface area contributed by atoms with E-state index in [9.17, 15) is 9.59 Å². The molecule has 1 N–H and O–H groups in total. The van der Waals surface area contributed by atoms with Crippen molar-refractivity contribution in [3.05, 3.63) is 35.9 Å². The molecule has 0 aliphatic carbocycles. The maximum Gasteiger partial charge on any atom is 0.407 e. The van der Waals surface area contributed by atoms with Gasteiger partial charge in [-0.05, 0) is 12.0 Å². The van der Waals surface area contributed by atoms with Gasteiger partial charge in [0.25, 0.3) is 0 Å². The fourth-order valence-electron chi connectivity index (χ4n) is 6.23. The third-order valence-corrected chi connectivity index (χ3v) is 9.92. The lowest BCUT2D eigenvalue weighted by Crippen LogP contribution is -2.28. The summed E-state index contributed by atoms with van der Waals surface area (Å²) >= 11 is 0. The summed E-state index contributed by atoms with van der Waals surface area (Å²) in [5.41, 5.74) is 0.936. The molecule has 1 amide bonds. The molecular formula is C50H91NO15. The van der Waals surface area contributed by atoms with Gasteiger partial charge in [0.2, 0.25) is 0 Å². The molecule has 1 rings (SSSR count). The summed E-state index contributed by atoms with van der Waals surface area (Å²) in [6.45, 7) is 13.4. The van der Waals surface area contributed by atoms with Gasteiger partial charge in [0.15, 0.2) is 0 Å². The molecule has 0 aromatic heterocycles. The Labute approximate surface area is 398 Å². The predicted octanol–water partition coefficient (Wildman–Crippen LogP) is 7.90. The molecule has 0 atom stereocenters. The third kappa shape index (κ3) is 49.4. The Bertz CT molecular complexity index is 1120. The molecule has 0 heterocycles. The Kier molecular flexibility index (Phi) is 49.9. The number of nitrogens with one attached hydrogen (secondary N) is 1. The normalized spacial score (nSPS) is 11.3. The number of hydrogen-bond acceptors (Lipinski definition) is 15. The standard InChI is InChI=1S/C50H91NO15/c1-2-3-4-5-6-7-8-9-10-11-12-13-14-15-19-22-49(52)65-46-45-64-44-43-63-42-41-62-40-39-61-38-37-60-36-35-59-34-33-58-32-31-57-30-29-56-28-27-55-26-25-54-24-23-51-50(53)66-47-48-20-17-16-18-21-48/h16-18,20-21H,2-15,19,22-47H2,1H3,(H,51,53). The highest BCUT2D eigenvalue weighted by Crippen LogP contribution is 2.14. The van der Waals surface area contributed by atoms with E-state index in [1.54, 1.807) is 0 Å². The van der Waals surface area contributed by atoms with Crippen molar-refractivity contribution >= 4 is 12.1 Å².